The summed E-state index contributed by atoms with van der Waals surface area (Å²) in [6, 6.07) is 0. The summed E-state index contributed by atoms with van der Waals surface area (Å²) in [5.74, 6) is 0. The van der Waals surface area contributed by atoms with Gasteiger partial charge in [0.25, 0.3) is 6.36 Å². The Bertz CT molecular complexity index is 80.4. The fraction of sp³-hybridized carbons (Fsp3) is 1.00. The third kappa shape index (κ3) is 3.31. The molecule has 0 aromatic heterocycles. The molecule has 1 atom stereocenters. The minimum Gasteiger partial charge on any atom is -0.342 e. The molecule has 9 heavy (non-hydrogen) atoms. The quantitative estimate of drug-likeness (QED) is 0.586. The molecule has 0 aromatic rings. The van der Waals surface area contributed by atoms with Crippen LogP contribution in [-0.4, -0.2) is 19.1 Å². The Labute approximate surface area is 50.2 Å². The Balaban J connectivity index is 3.59. The van der Waals surface area contributed by atoms with E-state index in [1.165, 1.54) is 6.92 Å². The zero-order chi connectivity index (χ0) is 7.49. The van der Waals surface area contributed by atoms with E-state index >= 15 is 0 Å². The van der Waals surface area contributed by atoms with Gasteiger partial charge in [-0.3, -0.25) is 0 Å². The SMILES string of the molecule is CCOC(F)C([O])(F)F. The molecule has 55 valence electrons. The lowest BCUT2D eigenvalue weighted by atomic mass is 10.6. The molecule has 0 amide bonds. The van der Waals surface area contributed by atoms with Crippen LogP contribution in [0.25, 0.3) is 0 Å². The van der Waals surface area contributed by atoms with Gasteiger partial charge in [0.05, 0.1) is 0 Å². The summed E-state index contributed by atoms with van der Waals surface area (Å²) in [4.78, 5) is 0. The standard InChI is InChI=1S/C4H6F3O2/c1-2-9-3(5)4(6,7)8/h3H,2H2,1H3. The first-order chi connectivity index (χ1) is 3.98. The normalized spacial score (nSPS) is 15.7. The second-order valence-corrected chi connectivity index (χ2v) is 1.33. The van der Waals surface area contributed by atoms with Gasteiger partial charge in [-0.15, -0.1) is 0 Å². The average Bonchev–Trinajstić information content (AvgIpc) is 1.64. The van der Waals surface area contributed by atoms with Crippen molar-refractivity contribution in [3.63, 3.8) is 0 Å². The summed E-state index contributed by atoms with van der Waals surface area (Å²) in [7, 11) is 0. The highest BCUT2D eigenvalue weighted by Crippen LogP contribution is 2.18. The minimum absolute atomic E-state index is 0.237. The average molecular weight is 143 g/mol. The Morgan fingerprint density at radius 1 is 1.67 bits per heavy atom. The Hall–Kier alpha value is -0.290. The summed E-state index contributed by atoms with van der Waals surface area (Å²) in [6.45, 7) is 1.08. The highest BCUT2D eigenvalue weighted by atomic mass is 19.3. The van der Waals surface area contributed by atoms with Crippen molar-refractivity contribution in [1.29, 1.82) is 0 Å². The van der Waals surface area contributed by atoms with E-state index in [1.54, 1.807) is 0 Å². The molecular weight excluding hydrogens is 137 g/mol. The summed E-state index contributed by atoms with van der Waals surface area (Å²) in [6.07, 6.45) is -7.65. The van der Waals surface area contributed by atoms with Gasteiger partial charge in [0.2, 0.25) is 0 Å². The van der Waals surface area contributed by atoms with Crippen LogP contribution < -0.4 is 0 Å². The molecule has 5 heteroatoms. The molecule has 1 unspecified atom stereocenters. The van der Waals surface area contributed by atoms with Gasteiger partial charge in [-0.2, -0.15) is 13.9 Å². The number of rotatable bonds is 3. The zero-order valence-corrected chi connectivity index (χ0v) is 4.73. The van der Waals surface area contributed by atoms with Gasteiger partial charge in [0, 0.05) is 6.61 Å². The van der Waals surface area contributed by atoms with Crippen LogP contribution >= 0.6 is 0 Å². The van der Waals surface area contributed by atoms with E-state index in [0.29, 0.717) is 0 Å². The molecule has 0 saturated carbocycles. The van der Waals surface area contributed by atoms with Crippen LogP contribution in [0.1, 0.15) is 6.92 Å². The minimum atomic E-state index is -4.63. The van der Waals surface area contributed by atoms with Crippen molar-refractivity contribution in [1.82, 2.24) is 0 Å². The van der Waals surface area contributed by atoms with Crippen molar-refractivity contribution < 1.29 is 23.0 Å². The molecule has 0 rings (SSSR count). The van der Waals surface area contributed by atoms with Crippen LogP contribution in [-0.2, 0) is 9.84 Å². The lowest BCUT2D eigenvalue weighted by Gasteiger charge is -2.10. The van der Waals surface area contributed by atoms with Gasteiger partial charge in [-0.1, -0.05) is 0 Å². The predicted molar refractivity (Wildman–Crippen MR) is 22.2 cm³/mol. The van der Waals surface area contributed by atoms with Crippen molar-refractivity contribution >= 4 is 0 Å². The predicted octanol–water partition coefficient (Wildman–Crippen LogP) is 1.34. The summed E-state index contributed by atoms with van der Waals surface area (Å²) in [5.41, 5.74) is 0. The largest absolute Gasteiger partial charge is 0.437 e. The molecule has 0 aromatic carbocycles. The van der Waals surface area contributed by atoms with Crippen molar-refractivity contribution in [3.8, 4) is 0 Å². The molecule has 0 aliphatic carbocycles. The summed E-state index contributed by atoms with van der Waals surface area (Å²) in [5, 5.41) is 9.36. The van der Waals surface area contributed by atoms with Crippen LogP contribution in [0, 0.1) is 0 Å². The number of hydrogen-bond donors (Lipinski definition) is 0. The Morgan fingerprint density at radius 3 is 2.22 bits per heavy atom. The van der Waals surface area contributed by atoms with Crippen molar-refractivity contribution in [2.24, 2.45) is 0 Å². The third-order valence-electron chi connectivity index (χ3n) is 0.577. The first-order valence-corrected chi connectivity index (χ1v) is 2.32. The number of alkyl halides is 3. The van der Waals surface area contributed by atoms with Crippen LogP contribution in [0.5, 0.6) is 0 Å². The van der Waals surface area contributed by atoms with Crippen LogP contribution in [0.4, 0.5) is 13.2 Å². The topological polar surface area (TPSA) is 29.1 Å². The van der Waals surface area contributed by atoms with E-state index < -0.39 is 12.5 Å². The highest BCUT2D eigenvalue weighted by molar-refractivity contribution is 4.50. The van der Waals surface area contributed by atoms with Gasteiger partial charge < -0.3 is 4.74 Å². The highest BCUT2D eigenvalue weighted by Gasteiger charge is 2.40. The fourth-order valence-electron chi connectivity index (χ4n) is 0.243. The van der Waals surface area contributed by atoms with E-state index in [4.69, 9.17) is 0 Å². The van der Waals surface area contributed by atoms with Crippen LogP contribution in [0.2, 0.25) is 0 Å². The molecular formula is C4H6F3O2. The molecule has 0 bridgehead atoms. The van der Waals surface area contributed by atoms with Crippen molar-refractivity contribution in [2.45, 2.75) is 19.4 Å². The van der Waals surface area contributed by atoms with E-state index in [2.05, 4.69) is 4.74 Å². The third-order valence-corrected chi connectivity index (χ3v) is 0.577. The number of hydrogen-bond acceptors (Lipinski definition) is 1. The van der Waals surface area contributed by atoms with E-state index in [1.807, 2.05) is 0 Å². The molecule has 0 aliphatic heterocycles. The first-order valence-electron chi connectivity index (χ1n) is 2.32. The van der Waals surface area contributed by atoms with Gasteiger partial charge in [0.15, 0.2) is 0 Å². The summed E-state index contributed by atoms with van der Waals surface area (Å²) < 4.78 is 37.8. The molecule has 0 spiro atoms. The Morgan fingerprint density at radius 2 is 2.11 bits per heavy atom. The zero-order valence-electron chi connectivity index (χ0n) is 4.73. The van der Waals surface area contributed by atoms with E-state index in [0.717, 1.165) is 0 Å². The first kappa shape index (κ1) is 8.71. The maximum Gasteiger partial charge on any atom is 0.437 e. The number of ether oxygens (including phenoxy) is 1. The fourth-order valence-corrected chi connectivity index (χ4v) is 0.243. The summed E-state index contributed by atoms with van der Waals surface area (Å²) >= 11 is 0. The maximum atomic E-state index is 11.6. The van der Waals surface area contributed by atoms with Crippen molar-refractivity contribution in [3.05, 3.63) is 0 Å². The molecule has 0 aliphatic rings. The second-order valence-electron chi connectivity index (χ2n) is 1.33. The smallest absolute Gasteiger partial charge is 0.342 e. The monoisotopic (exact) mass is 143 g/mol. The maximum absolute atomic E-state index is 11.6. The molecule has 1 radical (unpaired) electrons. The van der Waals surface area contributed by atoms with E-state index in [9.17, 15) is 18.3 Å². The lowest BCUT2D eigenvalue weighted by Crippen LogP contribution is -2.30. The molecule has 0 heterocycles. The number of halogens is 3. The Kier molecular flexibility index (Phi) is 2.93. The van der Waals surface area contributed by atoms with Crippen LogP contribution in [0.3, 0.4) is 0 Å². The van der Waals surface area contributed by atoms with Gasteiger partial charge >= 0.3 is 6.11 Å². The van der Waals surface area contributed by atoms with Gasteiger partial charge in [0.1, 0.15) is 0 Å². The molecule has 2 nitrogen and oxygen atoms in total. The second kappa shape index (κ2) is 3.03. The molecule has 0 saturated heterocycles. The van der Waals surface area contributed by atoms with Gasteiger partial charge in [-0.25, -0.2) is 4.39 Å². The van der Waals surface area contributed by atoms with Gasteiger partial charge in [-0.05, 0) is 6.92 Å². The molecule has 0 N–H and O–H groups in total. The lowest BCUT2D eigenvalue weighted by molar-refractivity contribution is -0.334. The van der Waals surface area contributed by atoms with Crippen LogP contribution in [0.15, 0.2) is 0 Å². The van der Waals surface area contributed by atoms with E-state index in [-0.39, 0.29) is 6.61 Å². The molecule has 0 fully saturated rings. The van der Waals surface area contributed by atoms with Crippen molar-refractivity contribution in [2.75, 3.05) is 6.61 Å².